The van der Waals surface area contributed by atoms with Gasteiger partial charge in [0, 0.05) is 0 Å². The zero-order valence-corrected chi connectivity index (χ0v) is 19.1. The van der Waals surface area contributed by atoms with E-state index in [9.17, 15) is 14.4 Å². The van der Waals surface area contributed by atoms with Crippen LogP contribution in [-0.4, -0.2) is 36.8 Å². The number of hydrogen-bond acceptors (Lipinski definition) is 5. The predicted molar refractivity (Wildman–Crippen MR) is 113 cm³/mol. The fourth-order valence-electron chi connectivity index (χ4n) is 3.61. The van der Waals surface area contributed by atoms with E-state index in [2.05, 4.69) is 39.2 Å². The first-order chi connectivity index (χ1) is 13.3. The molecule has 2 heterocycles. The molecule has 1 aromatic carbocycles. The summed E-state index contributed by atoms with van der Waals surface area (Å²) in [7, 11) is -2.07. The molecule has 7 nitrogen and oxygen atoms in total. The molecule has 1 fully saturated rings. The van der Waals surface area contributed by atoms with Crippen LogP contribution < -0.4 is 11.1 Å². The number of rotatable bonds is 5. The van der Waals surface area contributed by atoms with Crippen LogP contribution in [0, 0.1) is 11.8 Å². The molecule has 0 bridgehead atoms. The van der Waals surface area contributed by atoms with Crippen LogP contribution in [0.5, 0.6) is 0 Å². The Morgan fingerprint density at radius 3 is 2.41 bits per heavy atom. The zero-order valence-electron chi connectivity index (χ0n) is 18.1. The summed E-state index contributed by atoms with van der Waals surface area (Å²) in [6, 6.07) is 6.41. The SMILES string of the molecule is C[C@@H](O[Si](C)(C)C(C)(C)C)[C@H]1C(=O)N[C@@H]1[C@@H](C)C(=O)n1c(=O)oc2ccccc21. The van der Waals surface area contributed by atoms with Gasteiger partial charge in [-0.1, -0.05) is 39.8 Å². The largest absolute Gasteiger partial charge is 0.426 e. The zero-order chi connectivity index (χ0) is 21.7. The first-order valence-corrected chi connectivity index (χ1v) is 12.9. The number of amides is 1. The van der Waals surface area contributed by atoms with Crippen LogP contribution in [0.2, 0.25) is 18.1 Å². The molecule has 3 rings (SSSR count). The molecule has 0 unspecified atom stereocenters. The smallest absolute Gasteiger partial charge is 0.413 e. The van der Waals surface area contributed by atoms with Crippen LogP contribution in [0.4, 0.5) is 0 Å². The highest BCUT2D eigenvalue weighted by Crippen LogP contribution is 2.39. The Morgan fingerprint density at radius 1 is 1.21 bits per heavy atom. The molecular formula is C21H30N2O5Si. The summed E-state index contributed by atoms with van der Waals surface area (Å²) < 4.78 is 12.6. The lowest BCUT2D eigenvalue weighted by atomic mass is 9.78. The van der Waals surface area contributed by atoms with E-state index in [1.807, 2.05) is 6.92 Å². The van der Waals surface area contributed by atoms with E-state index in [4.69, 9.17) is 8.84 Å². The number of nitrogens with one attached hydrogen (secondary N) is 1. The van der Waals surface area contributed by atoms with E-state index in [1.165, 1.54) is 0 Å². The first-order valence-electron chi connectivity index (χ1n) is 9.98. The number of benzene rings is 1. The summed E-state index contributed by atoms with van der Waals surface area (Å²) in [6.07, 6.45) is -0.317. The molecule has 1 aliphatic rings. The number of carbonyl (C=O) groups excluding carboxylic acids is 2. The summed E-state index contributed by atoms with van der Waals surface area (Å²) >= 11 is 0. The molecule has 8 heteroatoms. The third-order valence-corrected chi connectivity index (χ3v) is 11.0. The summed E-state index contributed by atoms with van der Waals surface area (Å²) in [5, 5.41) is 2.85. The quantitative estimate of drug-likeness (QED) is 0.594. The van der Waals surface area contributed by atoms with Gasteiger partial charge in [-0.15, -0.1) is 0 Å². The topological polar surface area (TPSA) is 90.5 Å². The highest BCUT2D eigenvalue weighted by Gasteiger charge is 2.50. The molecule has 0 saturated carbocycles. The summed E-state index contributed by atoms with van der Waals surface area (Å²) in [6.45, 7) is 14.3. The van der Waals surface area contributed by atoms with Crippen molar-refractivity contribution in [3.8, 4) is 0 Å². The van der Waals surface area contributed by atoms with Gasteiger partial charge in [-0.2, -0.15) is 0 Å². The number of fused-ring (bicyclic) bond motifs is 1. The molecule has 1 saturated heterocycles. The Morgan fingerprint density at radius 2 is 1.83 bits per heavy atom. The molecule has 0 spiro atoms. The number of carbonyl (C=O) groups is 2. The maximum absolute atomic E-state index is 13.1. The molecule has 1 amide bonds. The Bertz CT molecular complexity index is 1000. The maximum Gasteiger partial charge on any atom is 0.426 e. The Labute approximate surface area is 171 Å². The van der Waals surface area contributed by atoms with E-state index in [-0.39, 0.29) is 17.0 Å². The average molecular weight is 419 g/mol. The monoisotopic (exact) mass is 418 g/mol. The summed E-state index contributed by atoms with van der Waals surface area (Å²) in [4.78, 5) is 37.7. The molecular weight excluding hydrogens is 388 g/mol. The van der Waals surface area contributed by atoms with E-state index in [0.717, 1.165) is 4.57 Å². The van der Waals surface area contributed by atoms with Crippen LogP contribution in [0.15, 0.2) is 33.5 Å². The molecule has 0 aliphatic carbocycles. The van der Waals surface area contributed by atoms with Crippen LogP contribution in [0.3, 0.4) is 0 Å². The van der Waals surface area contributed by atoms with Gasteiger partial charge in [-0.25, -0.2) is 9.36 Å². The van der Waals surface area contributed by atoms with Gasteiger partial charge >= 0.3 is 5.76 Å². The number of β-lactam (4-membered cyclic amide) rings is 1. The molecule has 2 aromatic rings. The minimum Gasteiger partial charge on any atom is -0.413 e. The second-order valence-corrected chi connectivity index (χ2v) is 14.2. The lowest BCUT2D eigenvalue weighted by Gasteiger charge is -2.46. The van der Waals surface area contributed by atoms with Gasteiger partial charge in [0.25, 0.3) is 0 Å². The number of hydrogen-bond donors (Lipinski definition) is 1. The molecule has 4 atom stereocenters. The predicted octanol–water partition coefficient (Wildman–Crippen LogP) is 3.40. The fraction of sp³-hybridized carbons (Fsp3) is 0.571. The third kappa shape index (κ3) is 3.71. The maximum atomic E-state index is 13.1. The number of para-hydroxylation sites is 2. The summed E-state index contributed by atoms with van der Waals surface area (Å²) in [5.41, 5.74) is 0.795. The number of nitrogens with zero attached hydrogens (tertiary/aromatic N) is 1. The van der Waals surface area contributed by atoms with Gasteiger partial charge in [0.1, 0.15) is 0 Å². The van der Waals surface area contributed by atoms with Gasteiger partial charge < -0.3 is 14.2 Å². The third-order valence-electron chi connectivity index (χ3n) is 6.43. The second kappa shape index (κ2) is 7.25. The van der Waals surface area contributed by atoms with Crippen molar-refractivity contribution in [2.24, 2.45) is 11.8 Å². The van der Waals surface area contributed by atoms with Gasteiger partial charge in [-0.3, -0.25) is 9.59 Å². The average Bonchev–Trinajstić information content (AvgIpc) is 2.92. The minimum absolute atomic E-state index is 0.0153. The van der Waals surface area contributed by atoms with Crippen molar-refractivity contribution in [1.82, 2.24) is 9.88 Å². The van der Waals surface area contributed by atoms with Crippen molar-refractivity contribution >= 4 is 31.2 Å². The van der Waals surface area contributed by atoms with E-state index < -0.39 is 37.9 Å². The van der Waals surface area contributed by atoms with Crippen molar-refractivity contribution in [3.63, 3.8) is 0 Å². The number of oxazole rings is 1. The van der Waals surface area contributed by atoms with Crippen LogP contribution in [0.25, 0.3) is 11.1 Å². The minimum atomic E-state index is -2.07. The Balaban J connectivity index is 1.83. The first kappa shape index (κ1) is 21.5. The molecule has 158 valence electrons. The van der Waals surface area contributed by atoms with E-state index >= 15 is 0 Å². The molecule has 29 heavy (non-hydrogen) atoms. The van der Waals surface area contributed by atoms with Crippen LogP contribution in [0.1, 0.15) is 39.4 Å². The van der Waals surface area contributed by atoms with Crippen LogP contribution in [-0.2, 0) is 9.22 Å². The van der Waals surface area contributed by atoms with Crippen molar-refractivity contribution in [2.45, 2.75) is 64.9 Å². The molecule has 1 aliphatic heterocycles. The lowest BCUT2D eigenvalue weighted by molar-refractivity contribution is -0.141. The van der Waals surface area contributed by atoms with Gasteiger partial charge in [0.15, 0.2) is 13.9 Å². The van der Waals surface area contributed by atoms with Crippen molar-refractivity contribution < 1.29 is 18.4 Å². The lowest BCUT2D eigenvalue weighted by Crippen LogP contribution is -2.67. The number of aromatic nitrogens is 1. The van der Waals surface area contributed by atoms with E-state index in [0.29, 0.717) is 11.1 Å². The summed E-state index contributed by atoms with van der Waals surface area (Å²) in [5.74, 6) is -2.26. The van der Waals surface area contributed by atoms with Gasteiger partial charge in [0.2, 0.25) is 11.8 Å². The van der Waals surface area contributed by atoms with Crippen molar-refractivity contribution in [1.29, 1.82) is 0 Å². The molecule has 1 N–H and O–H groups in total. The highest BCUT2D eigenvalue weighted by atomic mass is 28.4. The van der Waals surface area contributed by atoms with Crippen LogP contribution >= 0.6 is 0 Å². The van der Waals surface area contributed by atoms with Crippen molar-refractivity contribution in [2.75, 3.05) is 0 Å². The van der Waals surface area contributed by atoms with Crippen molar-refractivity contribution in [3.05, 3.63) is 34.8 Å². The molecule has 1 aromatic heterocycles. The van der Waals surface area contributed by atoms with Gasteiger partial charge in [-0.05, 0) is 37.2 Å². The molecule has 0 radical (unpaired) electrons. The van der Waals surface area contributed by atoms with E-state index in [1.54, 1.807) is 31.2 Å². The standard InChI is InChI=1S/C21H30N2O5Si/c1-12(19(25)23-14-10-8-9-11-15(14)27-20(23)26)17-16(18(24)22-17)13(2)28-29(6,7)21(3,4)5/h8-13,16-17H,1-7H3,(H,22,24)/t12-,13-,16-,17-/m1/s1. The Hall–Kier alpha value is -2.19. The normalized spacial score (nSPS) is 22.1. The second-order valence-electron chi connectivity index (χ2n) is 9.44. The Kier molecular flexibility index (Phi) is 5.38. The highest BCUT2D eigenvalue weighted by molar-refractivity contribution is 6.74. The van der Waals surface area contributed by atoms with Gasteiger partial charge in [0.05, 0.1) is 29.5 Å². The fourth-order valence-corrected chi connectivity index (χ4v) is 5.03.